The van der Waals surface area contributed by atoms with Crippen LogP contribution in [-0.2, 0) is 9.89 Å². The summed E-state index contributed by atoms with van der Waals surface area (Å²) in [5.41, 5.74) is 3.82. The second kappa shape index (κ2) is 12.8. The lowest BCUT2D eigenvalue weighted by atomic mass is 9.90. The van der Waals surface area contributed by atoms with Crippen molar-refractivity contribution in [1.29, 1.82) is 0 Å². The molecule has 37 heavy (non-hydrogen) atoms. The van der Waals surface area contributed by atoms with E-state index in [0.29, 0.717) is 8.58 Å². The van der Waals surface area contributed by atoms with Gasteiger partial charge in [0.2, 0.25) is 0 Å². The maximum absolute atomic E-state index is 6.20. The van der Waals surface area contributed by atoms with E-state index in [9.17, 15) is 0 Å². The average Bonchev–Trinajstić information content (AvgIpc) is 2.94. The van der Waals surface area contributed by atoms with Gasteiger partial charge < -0.3 is 9.47 Å². The topological polar surface area (TPSA) is 18.5 Å². The third-order valence-electron chi connectivity index (χ3n) is 7.14. The molecule has 0 fully saturated rings. The van der Waals surface area contributed by atoms with Crippen LogP contribution in [0.4, 0.5) is 0 Å². The zero-order chi connectivity index (χ0) is 26.3. The van der Waals surface area contributed by atoms with E-state index in [-0.39, 0.29) is 11.9 Å². The minimum atomic E-state index is -0.682. The van der Waals surface area contributed by atoms with E-state index < -0.39 is 7.92 Å². The van der Waals surface area contributed by atoms with Crippen molar-refractivity contribution in [3.05, 3.63) is 114 Å². The van der Waals surface area contributed by atoms with Crippen LogP contribution in [0.3, 0.4) is 0 Å². The largest absolute Gasteiger partial charge is 0.467 e. The zero-order valence-corrected chi connectivity index (χ0v) is 24.5. The van der Waals surface area contributed by atoms with E-state index in [4.69, 9.17) is 9.47 Å². The highest BCUT2D eigenvalue weighted by Gasteiger charge is 2.34. The first kappa shape index (κ1) is 27.5. The molecule has 2 nitrogen and oxygen atoms in total. The van der Waals surface area contributed by atoms with Gasteiger partial charge in [-0.05, 0) is 67.0 Å². The summed E-state index contributed by atoms with van der Waals surface area (Å²) in [6, 6.07) is 35.5. The van der Waals surface area contributed by atoms with E-state index in [1.807, 2.05) is 0 Å². The van der Waals surface area contributed by atoms with Crippen LogP contribution in [0, 0.1) is 13.8 Å². The minimum Gasteiger partial charge on any atom is -0.467 e. The summed E-state index contributed by atoms with van der Waals surface area (Å²) in [7, 11) is 1.62. The maximum atomic E-state index is 6.20. The number of para-hydroxylation sites is 1. The highest BCUT2D eigenvalue weighted by molar-refractivity contribution is 7.81. The number of hydrogen-bond acceptors (Lipinski definition) is 2. The van der Waals surface area contributed by atoms with Gasteiger partial charge in [0.25, 0.3) is 0 Å². The molecule has 0 saturated carbocycles. The van der Waals surface area contributed by atoms with Crippen LogP contribution in [0.5, 0.6) is 5.75 Å². The zero-order valence-electron chi connectivity index (χ0n) is 22.6. The van der Waals surface area contributed by atoms with Gasteiger partial charge in [0, 0.05) is 17.8 Å². The molecule has 1 atom stereocenters. The lowest BCUT2D eigenvalue weighted by molar-refractivity contribution is 0.0494. The Labute approximate surface area is 226 Å². The molecular weight excluding hydrogens is 490 g/mol. The van der Waals surface area contributed by atoms with Crippen LogP contribution >= 0.6 is 16.5 Å². The molecule has 0 aliphatic heterocycles. The molecule has 0 bridgehead atoms. The Hall–Kier alpha value is -2.50. The smallest absolute Gasteiger partial charge is 0.188 e. The van der Waals surface area contributed by atoms with Crippen molar-refractivity contribution in [3.8, 4) is 5.75 Å². The first-order chi connectivity index (χ1) is 18.0. The molecule has 0 saturated heterocycles. The summed E-state index contributed by atoms with van der Waals surface area (Å²) >= 11 is 0. The Morgan fingerprint density at radius 3 is 1.84 bits per heavy atom. The molecule has 4 aromatic rings. The standard InChI is InChI=1S/C33H38O2P2/c1-6-33(7-2,29-22-14-16-25(3)31(29)35-24-34-5)36-32-26(4)17-15-23-30(32)37(27-18-10-8-11-19-27)28-20-12-9-13-21-28/h8-23,36H,6-7,24H2,1-5H3. The summed E-state index contributed by atoms with van der Waals surface area (Å²) in [5.74, 6) is 0.976. The van der Waals surface area contributed by atoms with Gasteiger partial charge in [-0.15, -0.1) is 0 Å². The fraction of sp³-hybridized carbons (Fsp3) is 0.273. The van der Waals surface area contributed by atoms with Crippen LogP contribution in [-0.4, -0.2) is 13.9 Å². The third-order valence-corrected chi connectivity index (χ3v) is 12.2. The van der Waals surface area contributed by atoms with Gasteiger partial charge >= 0.3 is 0 Å². The number of benzene rings is 4. The molecule has 0 heterocycles. The summed E-state index contributed by atoms with van der Waals surface area (Å²) in [5, 5.41) is 5.70. The molecule has 1 unspecified atom stereocenters. The van der Waals surface area contributed by atoms with E-state index in [1.165, 1.54) is 32.3 Å². The number of methoxy groups -OCH3 is 1. The van der Waals surface area contributed by atoms with Crippen molar-refractivity contribution in [2.75, 3.05) is 13.9 Å². The molecule has 0 spiro atoms. The van der Waals surface area contributed by atoms with Crippen LogP contribution in [0.1, 0.15) is 43.4 Å². The lowest BCUT2D eigenvalue weighted by Crippen LogP contribution is -2.33. The Morgan fingerprint density at radius 2 is 1.27 bits per heavy atom. The summed E-state index contributed by atoms with van der Waals surface area (Å²) in [6.45, 7) is 9.33. The van der Waals surface area contributed by atoms with Crippen LogP contribution in [0.15, 0.2) is 97.1 Å². The van der Waals surface area contributed by atoms with Crippen molar-refractivity contribution in [1.82, 2.24) is 0 Å². The maximum Gasteiger partial charge on any atom is 0.188 e. The average molecular weight is 529 g/mol. The van der Waals surface area contributed by atoms with E-state index in [1.54, 1.807) is 7.11 Å². The first-order valence-corrected chi connectivity index (χ1v) is 15.4. The van der Waals surface area contributed by atoms with E-state index >= 15 is 0 Å². The third kappa shape index (κ3) is 5.99. The molecule has 0 radical (unpaired) electrons. The number of aryl methyl sites for hydroxylation is 2. The molecule has 0 amide bonds. The van der Waals surface area contributed by atoms with Crippen molar-refractivity contribution < 1.29 is 9.47 Å². The van der Waals surface area contributed by atoms with Gasteiger partial charge in [-0.2, -0.15) is 0 Å². The molecule has 0 aliphatic rings. The van der Waals surface area contributed by atoms with E-state index in [2.05, 4.69) is 125 Å². The normalized spacial score (nSPS) is 11.9. The second-order valence-electron chi connectivity index (χ2n) is 9.39. The first-order valence-electron chi connectivity index (χ1n) is 13.0. The van der Waals surface area contributed by atoms with E-state index in [0.717, 1.165) is 24.2 Å². The van der Waals surface area contributed by atoms with Crippen LogP contribution < -0.4 is 26.0 Å². The number of hydrogen-bond donors (Lipinski definition) is 0. The Morgan fingerprint density at radius 1 is 0.703 bits per heavy atom. The highest BCUT2D eigenvalue weighted by Crippen LogP contribution is 2.51. The Balaban J connectivity index is 1.89. The van der Waals surface area contributed by atoms with Crippen LogP contribution in [0.25, 0.3) is 0 Å². The number of rotatable bonds is 11. The van der Waals surface area contributed by atoms with Gasteiger partial charge in [-0.25, -0.2) is 0 Å². The monoisotopic (exact) mass is 528 g/mol. The van der Waals surface area contributed by atoms with Crippen molar-refractivity contribution in [2.24, 2.45) is 0 Å². The van der Waals surface area contributed by atoms with Gasteiger partial charge in [0.1, 0.15) is 5.75 Å². The molecule has 4 heteroatoms. The molecule has 0 N–H and O–H groups in total. The lowest BCUT2D eigenvalue weighted by Gasteiger charge is -2.36. The predicted octanol–water partition coefficient (Wildman–Crippen LogP) is 7.06. The van der Waals surface area contributed by atoms with Crippen molar-refractivity contribution in [2.45, 2.75) is 45.7 Å². The minimum absolute atomic E-state index is 0.0235. The molecule has 4 rings (SSSR count). The van der Waals surface area contributed by atoms with Crippen molar-refractivity contribution >= 4 is 37.7 Å². The molecule has 0 aliphatic carbocycles. The summed E-state index contributed by atoms with van der Waals surface area (Å²) < 4.78 is 11.5. The SMILES string of the molecule is CCC(CC)(Pc1c(C)cccc1P(c1ccccc1)c1ccccc1)c1cccc(C)c1OCOC. The highest BCUT2D eigenvalue weighted by atomic mass is 31.1. The quantitative estimate of drug-likeness (QED) is 0.153. The summed E-state index contributed by atoms with van der Waals surface area (Å²) in [4.78, 5) is 0. The fourth-order valence-electron chi connectivity index (χ4n) is 5.04. The predicted molar refractivity (Wildman–Crippen MR) is 164 cm³/mol. The van der Waals surface area contributed by atoms with Crippen molar-refractivity contribution in [3.63, 3.8) is 0 Å². The Bertz CT molecular complexity index is 1240. The van der Waals surface area contributed by atoms with Gasteiger partial charge in [-0.3, -0.25) is 0 Å². The second-order valence-corrected chi connectivity index (χ2v) is 13.3. The fourth-order valence-corrected chi connectivity index (χ4v) is 9.62. The summed E-state index contributed by atoms with van der Waals surface area (Å²) in [6.07, 6.45) is 2.08. The number of ether oxygens (including phenoxy) is 2. The van der Waals surface area contributed by atoms with Crippen LogP contribution in [0.2, 0.25) is 0 Å². The molecule has 4 aromatic carbocycles. The molecule has 192 valence electrons. The van der Waals surface area contributed by atoms with Gasteiger partial charge in [0.15, 0.2) is 6.79 Å². The molecule has 0 aromatic heterocycles. The Kier molecular flexibility index (Phi) is 9.55. The van der Waals surface area contributed by atoms with Gasteiger partial charge in [0.05, 0.1) is 0 Å². The molecular formula is C33H38O2P2. The van der Waals surface area contributed by atoms with Gasteiger partial charge in [-0.1, -0.05) is 119 Å².